The highest BCUT2D eigenvalue weighted by molar-refractivity contribution is 5.85. The molecule has 0 saturated heterocycles. The maximum Gasteiger partial charge on any atom is 0.227 e. The Kier molecular flexibility index (Phi) is 5.92. The Labute approximate surface area is 152 Å². The van der Waals surface area contributed by atoms with E-state index in [9.17, 15) is 0 Å². The predicted octanol–water partition coefficient (Wildman–Crippen LogP) is 3.08. The number of hydrogen-bond acceptors (Lipinski definition) is 7. The van der Waals surface area contributed by atoms with Gasteiger partial charge >= 0.3 is 0 Å². The lowest BCUT2D eigenvalue weighted by atomic mass is 9.96. The van der Waals surface area contributed by atoms with Gasteiger partial charge in [-0.2, -0.15) is 9.97 Å². The standard InChI is InChI=1S/C17H21N5O2.ClH/c1-17(2,3)16-20-14(24-22-16)9-8-13-19-15(21-23-13)12-6-4-11(10-18)5-7-12;/h4-7H,8-10,18H2,1-3H3;1H. The van der Waals surface area contributed by atoms with Gasteiger partial charge in [-0.05, 0) is 5.56 Å². The van der Waals surface area contributed by atoms with Gasteiger partial charge in [0.2, 0.25) is 17.6 Å². The molecule has 3 rings (SSSR count). The molecule has 2 heterocycles. The summed E-state index contributed by atoms with van der Waals surface area (Å²) >= 11 is 0. The Morgan fingerprint density at radius 3 is 2.08 bits per heavy atom. The van der Waals surface area contributed by atoms with Crippen LogP contribution in [-0.4, -0.2) is 20.3 Å². The maximum absolute atomic E-state index is 5.60. The largest absolute Gasteiger partial charge is 0.339 e. The van der Waals surface area contributed by atoms with E-state index < -0.39 is 0 Å². The molecule has 0 saturated carbocycles. The number of rotatable bonds is 5. The third-order valence-corrected chi connectivity index (χ3v) is 3.61. The Hall–Kier alpha value is -2.25. The zero-order valence-corrected chi connectivity index (χ0v) is 15.3. The van der Waals surface area contributed by atoms with Crippen molar-refractivity contribution in [2.45, 2.75) is 45.6 Å². The average Bonchev–Trinajstić information content (AvgIpc) is 3.22. The molecular weight excluding hydrogens is 342 g/mol. The van der Waals surface area contributed by atoms with Crippen LogP contribution < -0.4 is 5.73 Å². The van der Waals surface area contributed by atoms with Crippen molar-refractivity contribution in [2.75, 3.05) is 0 Å². The number of halogens is 1. The highest BCUT2D eigenvalue weighted by atomic mass is 35.5. The van der Waals surface area contributed by atoms with Crippen LogP contribution in [0.25, 0.3) is 11.4 Å². The summed E-state index contributed by atoms with van der Waals surface area (Å²) in [4.78, 5) is 8.81. The summed E-state index contributed by atoms with van der Waals surface area (Å²) in [5, 5.41) is 8.02. The van der Waals surface area contributed by atoms with Crippen molar-refractivity contribution in [3.63, 3.8) is 0 Å². The Morgan fingerprint density at radius 2 is 1.52 bits per heavy atom. The van der Waals surface area contributed by atoms with Gasteiger partial charge in [-0.25, -0.2) is 0 Å². The minimum Gasteiger partial charge on any atom is -0.339 e. The highest BCUT2D eigenvalue weighted by Gasteiger charge is 2.21. The van der Waals surface area contributed by atoms with E-state index in [0.29, 0.717) is 42.8 Å². The quantitative estimate of drug-likeness (QED) is 0.742. The van der Waals surface area contributed by atoms with Crippen LogP contribution in [0.1, 0.15) is 43.9 Å². The molecule has 7 nitrogen and oxygen atoms in total. The van der Waals surface area contributed by atoms with E-state index in [2.05, 4.69) is 20.3 Å². The second kappa shape index (κ2) is 7.76. The lowest BCUT2D eigenvalue weighted by Crippen LogP contribution is -2.13. The van der Waals surface area contributed by atoms with Crippen molar-refractivity contribution < 1.29 is 9.05 Å². The Balaban J connectivity index is 0.00000225. The molecule has 2 N–H and O–H groups in total. The van der Waals surface area contributed by atoms with Gasteiger partial charge < -0.3 is 14.8 Å². The van der Waals surface area contributed by atoms with Crippen molar-refractivity contribution in [1.82, 2.24) is 20.3 Å². The minimum atomic E-state index is -0.130. The van der Waals surface area contributed by atoms with E-state index >= 15 is 0 Å². The van der Waals surface area contributed by atoms with Crippen molar-refractivity contribution in [2.24, 2.45) is 5.73 Å². The van der Waals surface area contributed by atoms with Crippen LogP contribution in [0.3, 0.4) is 0 Å². The molecule has 8 heteroatoms. The minimum absolute atomic E-state index is 0. The molecule has 0 aliphatic rings. The molecule has 0 unspecified atom stereocenters. The number of benzene rings is 1. The number of nitrogens with two attached hydrogens (primary N) is 1. The van der Waals surface area contributed by atoms with E-state index in [4.69, 9.17) is 14.8 Å². The van der Waals surface area contributed by atoms with Gasteiger partial charge in [-0.15, -0.1) is 12.4 Å². The molecule has 0 fully saturated rings. The van der Waals surface area contributed by atoms with Crippen molar-refractivity contribution in [3.8, 4) is 11.4 Å². The first-order valence-corrected chi connectivity index (χ1v) is 7.91. The Morgan fingerprint density at radius 1 is 0.920 bits per heavy atom. The van der Waals surface area contributed by atoms with Crippen LogP contribution in [0, 0.1) is 0 Å². The van der Waals surface area contributed by atoms with E-state index in [1.54, 1.807) is 0 Å². The van der Waals surface area contributed by atoms with Crippen molar-refractivity contribution in [3.05, 3.63) is 47.4 Å². The lowest BCUT2D eigenvalue weighted by molar-refractivity contribution is 0.347. The van der Waals surface area contributed by atoms with Gasteiger partial charge in [0.15, 0.2) is 5.82 Å². The zero-order valence-electron chi connectivity index (χ0n) is 14.5. The third kappa shape index (κ3) is 4.64. The normalized spacial score (nSPS) is 11.4. The number of aryl methyl sites for hydroxylation is 2. The summed E-state index contributed by atoms with van der Waals surface area (Å²) in [6.45, 7) is 6.64. The third-order valence-electron chi connectivity index (χ3n) is 3.61. The van der Waals surface area contributed by atoms with Gasteiger partial charge in [0.1, 0.15) is 0 Å². The zero-order chi connectivity index (χ0) is 17.2. The van der Waals surface area contributed by atoms with Gasteiger partial charge in [0, 0.05) is 30.4 Å². The van der Waals surface area contributed by atoms with Gasteiger partial charge in [0.25, 0.3) is 0 Å². The summed E-state index contributed by atoms with van der Waals surface area (Å²) in [6, 6.07) is 7.78. The number of aromatic nitrogens is 4. The molecule has 0 spiro atoms. The fraction of sp³-hybridized carbons (Fsp3) is 0.412. The van der Waals surface area contributed by atoms with Crippen molar-refractivity contribution in [1.29, 1.82) is 0 Å². The van der Waals surface area contributed by atoms with Gasteiger partial charge in [-0.3, -0.25) is 0 Å². The van der Waals surface area contributed by atoms with Crippen LogP contribution in [0.15, 0.2) is 33.3 Å². The topological polar surface area (TPSA) is 104 Å². The van der Waals surface area contributed by atoms with Gasteiger partial charge in [0.05, 0.1) is 0 Å². The first kappa shape index (κ1) is 19.1. The van der Waals surface area contributed by atoms with Gasteiger partial charge in [-0.1, -0.05) is 55.4 Å². The summed E-state index contributed by atoms with van der Waals surface area (Å²) in [7, 11) is 0. The molecule has 0 atom stereocenters. The van der Waals surface area contributed by atoms with Crippen LogP contribution in [0.4, 0.5) is 0 Å². The monoisotopic (exact) mass is 363 g/mol. The predicted molar refractivity (Wildman–Crippen MR) is 95.3 cm³/mol. The Bertz CT molecular complexity index is 805. The highest BCUT2D eigenvalue weighted by Crippen LogP contribution is 2.20. The number of nitrogens with zero attached hydrogens (tertiary/aromatic N) is 4. The molecule has 0 aliphatic carbocycles. The van der Waals surface area contributed by atoms with E-state index in [1.807, 2.05) is 45.0 Å². The van der Waals surface area contributed by atoms with E-state index in [0.717, 1.165) is 11.1 Å². The first-order chi connectivity index (χ1) is 11.5. The average molecular weight is 364 g/mol. The fourth-order valence-corrected chi connectivity index (χ4v) is 2.14. The smallest absolute Gasteiger partial charge is 0.227 e. The van der Waals surface area contributed by atoms with Crippen LogP contribution in [-0.2, 0) is 24.8 Å². The summed E-state index contributed by atoms with van der Waals surface area (Å²) < 4.78 is 10.6. The second-order valence-electron chi connectivity index (χ2n) is 6.67. The first-order valence-electron chi connectivity index (χ1n) is 7.91. The fourth-order valence-electron chi connectivity index (χ4n) is 2.14. The second-order valence-corrected chi connectivity index (χ2v) is 6.67. The molecule has 3 aromatic rings. The lowest BCUT2D eigenvalue weighted by Gasteiger charge is -2.10. The number of hydrogen-bond donors (Lipinski definition) is 1. The molecule has 0 radical (unpaired) electrons. The summed E-state index contributed by atoms with van der Waals surface area (Å²) in [5.41, 5.74) is 7.43. The maximum atomic E-state index is 5.60. The molecule has 25 heavy (non-hydrogen) atoms. The SMILES string of the molecule is CC(C)(C)c1noc(CCc2nc(-c3ccc(CN)cc3)no2)n1.Cl. The van der Waals surface area contributed by atoms with Crippen LogP contribution in [0.5, 0.6) is 0 Å². The van der Waals surface area contributed by atoms with Crippen LogP contribution in [0.2, 0.25) is 0 Å². The molecule has 0 aliphatic heterocycles. The molecule has 1 aromatic carbocycles. The van der Waals surface area contributed by atoms with E-state index in [-0.39, 0.29) is 17.8 Å². The molecule has 2 aromatic heterocycles. The van der Waals surface area contributed by atoms with Crippen molar-refractivity contribution >= 4 is 12.4 Å². The summed E-state index contributed by atoms with van der Waals surface area (Å²) in [5.74, 6) is 2.38. The molecule has 0 bridgehead atoms. The van der Waals surface area contributed by atoms with E-state index in [1.165, 1.54) is 0 Å². The molecule has 0 amide bonds. The molecule has 134 valence electrons. The summed E-state index contributed by atoms with van der Waals surface area (Å²) in [6.07, 6.45) is 1.12. The molecular formula is C17H22ClN5O2. The van der Waals surface area contributed by atoms with Crippen LogP contribution >= 0.6 is 12.4 Å².